The lowest BCUT2D eigenvalue weighted by Crippen LogP contribution is -2.16. The molecule has 276 valence electrons. The molecule has 0 saturated heterocycles. The lowest BCUT2D eigenvalue weighted by molar-refractivity contribution is 0.662. The fourth-order valence-electron chi connectivity index (χ4n) is 10.7. The Kier molecular flexibility index (Phi) is 6.54. The molecule has 0 amide bonds. The van der Waals surface area contributed by atoms with Gasteiger partial charge in [0.1, 0.15) is 22.3 Å². The summed E-state index contributed by atoms with van der Waals surface area (Å²) in [6.07, 6.45) is 0. The van der Waals surface area contributed by atoms with Crippen molar-refractivity contribution in [3.63, 3.8) is 0 Å². The zero-order chi connectivity index (χ0) is 39.0. The molecule has 2 nitrogen and oxygen atoms in total. The lowest BCUT2D eigenvalue weighted by Gasteiger charge is -2.26. The first kappa shape index (κ1) is 32.6. The standard InChI is InChI=1S/C57H36O2/c1-57(2)47-24-11-9-16-37(47)43-22-13-23-45(54(43)57)52-41-20-7-5-18-39(41)50(40-19-6-8-21-42(40)52)33-26-28-34(29-27-33)51-36-15-4-3-14-35(36)32-46-53-49(59-56(46)51)31-30-44-38-17-10-12-25-48(38)58-55(44)53/h3-32H,1-2H3. The van der Waals surface area contributed by atoms with Crippen LogP contribution in [0.4, 0.5) is 0 Å². The Morgan fingerprint density at radius 1 is 0.356 bits per heavy atom. The summed E-state index contributed by atoms with van der Waals surface area (Å²) in [6, 6.07) is 66.4. The normalized spacial score (nSPS) is 13.4. The van der Waals surface area contributed by atoms with Crippen LogP contribution in [0, 0.1) is 0 Å². The van der Waals surface area contributed by atoms with Crippen LogP contribution in [0.1, 0.15) is 25.0 Å². The van der Waals surface area contributed by atoms with Crippen molar-refractivity contribution in [3.8, 4) is 44.5 Å². The van der Waals surface area contributed by atoms with Crippen molar-refractivity contribution < 1.29 is 8.83 Å². The third-order valence-electron chi connectivity index (χ3n) is 13.2. The molecular weight excluding hydrogens is 717 g/mol. The van der Waals surface area contributed by atoms with Gasteiger partial charge in [-0.3, -0.25) is 0 Å². The van der Waals surface area contributed by atoms with Gasteiger partial charge in [0, 0.05) is 27.1 Å². The zero-order valence-electron chi connectivity index (χ0n) is 32.6. The molecule has 0 radical (unpaired) electrons. The van der Waals surface area contributed by atoms with E-state index in [0.717, 1.165) is 60.4 Å². The number of benzene rings is 10. The Balaban J connectivity index is 1.03. The SMILES string of the molecule is CC1(C)c2ccccc2-c2cccc(-c3c4ccccc4c(-c4ccc(-c5c6ccccc6cc6c5oc5ccc7c8ccccc8oc7c56)cc4)c4ccccc34)c21. The average Bonchev–Trinajstić information content (AvgIpc) is 3.92. The Bertz CT molecular complexity index is 3690. The monoisotopic (exact) mass is 752 g/mol. The van der Waals surface area contributed by atoms with Crippen LogP contribution in [0.5, 0.6) is 0 Å². The van der Waals surface area contributed by atoms with E-state index in [1.807, 2.05) is 12.1 Å². The van der Waals surface area contributed by atoms with Gasteiger partial charge in [0.2, 0.25) is 0 Å². The van der Waals surface area contributed by atoms with E-state index in [4.69, 9.17) is 8.83 Å². The molecule has 0 fully saturated rings. The number of hydrogen-bond donors (Lipinski definition) is 0. The van der Waals surface area contributed by atoms with Crippen LogP contribution in [0.2, 0.25) is 0 Å². The van der Waals surface area contributed by atoms with E-state index in [2.05, 4.69) is 184 Å². The minimum absolute atomic E-state index is 0.135. The van der Waals surface area contributed by atoms with Gasteiger partial charge in [0.05, 0.1) is 5.39 Å². The van der Waals surface area contributed by atoms with Gasteiger partial charge in [-0.15, -0.1) is 0 Å². The predicted molar refractivity (Wildman–Crippen MR) is 247 cm³/mol. The molecular formula is C57H36O2. The summed E-state index contributed by atoms with van der Waals surface area (Å²) in [5, 5.41) is 11.7. The summed E-state index contributed by atoms with van der Waals surface area (Å²) >= 11 is 0. The molecule has 2 heteroatoms. The maximum atomic E-state index is 6.84. The van der Waals surface area contributed by atoms with Crippen LogP contribution >= 0.6 is 0 Å². The molecule has 10 aromatic carbocycles. The van der Waals surface area contributed by atoms with Crippen molar-refractivity contribution in [1.82, 2.24) is 0 Å². The van der Waals surface area contributed by atoms with Crippen molar-refractivity contribution in [2.24, 2.45) is 0 Å². The van der Waals surface area contributed by atoms with Gasteiger partial charge >= 0.3 is 0 Å². The topological polar surface area (TPSA) is 26.3 Å². The van der Waals surface area contributed by atoms with E-state index < -0.39 is 0 Å². The predicted octanol–water partition coefficient (Wildman–Crippen LogP) is 16.3. The average molecular weight is 753 g/mol. The number of hydrogen-bond acceptors (Lipinski definition) is 2. The van der Waals surface area contributed by atoms with Crippen molar-refractivity contribution in [1.29, 1.82) is 0 Å². The Labute approximate surface area is 340 Å². The molecule has 0 unspecified atom stereocenters. The first-order valence-corrected chi connectivity index (χ1v) is 20.5. The van der Waals surface area contributed by atoms with Crippen LogP contribution in [0.15, 0.2) is 191 Å². The van der Waals surface area contributed by atoms with Gasteiger partial charge in [0.25, 0.3) is 0 Å². The summed E-state index contributed by atoms with van der Waals surface area (Å²) < 4.78 is 13.4. The molecule has 0 saturated carbocycles. The summed E-state index contributed by atoms with van der Waals surface area (Å²) in [7, 11) is 0. The van der Waals surface area contributed by atoms with Crippen LogP contribution in [0.25, 0.3) is 121 Å². The molecule has 59 heavy (non-hydrogen) atoms. The molecule has 1 aliphatic rings. The second-order valence-corrected chi connectivity index (χ2v) is 16.7. The molecule has 13 rings (SSSR count). The van der Waals surface area contributed by atoms with E-state index in [-0.39, 0.29) is 5.41 Å². The van der Waals surface area contributed by atoms with E-state index in [0.29, 0.717) is 0 Å². The van der Waals surface area contributed by atoms with Gasteiger partial charge < -0.3 is 8.83 Å². The molecule has 0 N–H and O–H groups in total. The Morgan fingerprint density at radius 2 is 0.915 bits per heavy atom. The third-order valence-corrected chi connectivity index (χ3v) is 13.2. The first-order chi connectivity index (χ1) is 29.0. The number of furan rings is 2. The molecule has 0 bridgehead atoms. The zero-order valence-corrected chi connectivity index (χ0v) is 32.6. The second-order valence-electron chi connectivity index (χ2n) is 16.7. The molecule has 12 aromatic rings. The van der Waals surface area contributed by atoms with E-state index in [1.165, 1.54) is 71.4 Å². The summed E-state index contributed by atoms with van der Waals surface area (Å²) in [4.78, 5) is 0. The highest BCUT2D eigenvalue weighted by Crippen LogP contribution is 2.55. The number of fused-ring (bicyclic) bond motifs is 13. The van der Waals surface area contributed by atoms with E-state index >= 15 is 0 Å². The van der Waals surface area contributed by atoms with Gasteiger partial charge in [-0.25, -0.2) is 0 Å². The number of para-hydroxylation sites is 1. The molecule has 2 heterocycles. The molecule has 0 atom stereocenters. The Hall–Kier alpha value is -7.42. The van der Waals surface area contributed by atoms with Gasteiger partial charge in [0.15, 0.2) is 0 Å². The summed E-state index contributed by atoms with van der Waals surface area (Å²) in [6.45, 7) is 4.77. The van der Waals surface area contributed by atoms with Crippen LogP contribution < -0.4 is 0 Å². The van der Waals surface area contributed by atoms with Gasteiger partial charge in [-0.1, -0.05) is 172 Å². The summed E-state index contributed by atoms with van der Waals surface area (Å²) in [5.41, 5.74) is 16.1. The fourth-order valence-corrected chi connectivity index (χ4v) is 10.7. The van der Waals surface area contributed by atoms with Crippen LogP contribution in [0.3, 0.4) is 0 Å². The van der Waals surface area contributed by atoms with Crippen molar-refractivity contribution in [2.45, 2.75) is 19.3 Å². The van der Waals surface area contributed by atoms with E-state index in [9.17, 15) is 0 Å². The fraction of sp³-hybridized carbons (Fsp3) is 0.0526. The minimum Gasteiger partial charge on any atom is -0.455 e. The Morgan fingerprint density at radius 3 is 1.66 bits per heavy atom. The third kappa shape index (κ3) is 4.41. The lowest BCUT2D eigenvalue weighted by atomic mass is 9.77. The quantitative estimate of drug-likeness (QED) is 0.168. The molecule has 0 spiro atoms. The van der Waals surface area contributed by atoms with Crippen molar-refractivity contribution in [3.05, 3.63) is 193 Å². The van der Waals surface area contributed by atoms with Crippen molar-refractivity contribution in [2.75, 3.05) is 0 Å². The van der Waals surface area contributed by atoms with Gasteiger partial charge in [-0.2, -0.15) is 0 Å². The molecule has 0 aliphatic heterocycles. The second kappa shape index (κ2) is 11.8. The largest absolute Gasteiger partial charge is 0.455 e. The number of rotatable bonds is 3. The van der Waals surface area contributed by atoms with E-state index in [1.54, 1.807) is 0 Å². The highest BCUT2D eigenvalue weighted by Gasteiger charge is 2.38. The maximum Gasteiger partial charge on any atom is 0.147 e. The smallest absolute Gasteiger partial charge is 0.147 e. The summed E-state index contributed by atoms with van der Waals surface area (Å²) in [5.74, 6) is 0. The molecule has 2 aromatic heterocycles. The van der Waals surface area contributed by atoms with Crippen LogP contribution in [-0.4, -0.2) is 0 Å². The first-order valence-electron chi connectivity index (χ1n) is 20.5. The highest BCUT2D eigenvalue weighted by atomic mass is 16.3. The van der Waals surface area contributed by atoms with Gasteiger partial charge in [-0.05, 0) is 107 Å². The maximum absolute atomic E-state index is 6.84. The van der Waals surface area contributed by atoms with Crippen molar-refractivity contribution >= 4 is 76.2 Å². The highest BCUT2D eigenvalue weighted by molar-refractivity contribution is 6.27. The molecule has 1 aliphatic carbocycles. The van der Waals surface area contributed by atoms with Crippen LogP contribution in [-0.2, 0) is 5.41 Å². The minimum atomic E-state index is -0.135.